The van der Waals surface area contributed by atoms with Crippen molar-refractivity contribution in [2.45, 2.75) is 0 Å². The second kappa shape index (κ2) is 4.95. The summed E-state index contributed by atoms with van der Waals surface area (Å²) in [5.41, 5.74) is 0. The number of rotatable bonds is 1. The van der Waals surface area contributed by atoms with E-state index in [1.807, 2.05) is 11.1 Å². The molecule has 0 N–H and O–H groups in total. The van der Waals surface area contributed by atoms with Crippen LogP contribution in [0.1, 0.15) is 0 Å². The van der Waals surface area contributed by atoms with Crippen LogP contribution in [-0.4, -0.2) is 4.43 Å². The van der Waals surface area contributed by atoms with Crippen LogP contribution in [0, 0.1) is 0 Å². The minimum atomic E-state index is 1.09. The second-order valence-corrected chi connectivity index (χ2v) is 1.93. The lowest BCUT2D eigenvalue weighted by Gasteiger charge is -1.61. The molecule has 0 saturated heterocycles. The smallest absolute Gasteiger partial charge is 0.0184 e. The predicted molar refractivity (Wildman–Crippen MR) is 37.0 cm³/mol. The van der Waals surface area contributed by atoms with Crippen molar-refractivity contribution in [3.8, 4) is 0 Å². The Morgan fingerprint density at radius 1 is 1.80 bits per heavy atom. The Morgan fingerprint density at radius 3 is 2.40 bits per heavy atom. The van der Waals surface area contributed by atoms with E-state index in [-0.39, 0.29) is 0 Å². The van der Waals surface area contributed by atoms with E-state index in [4.69, 9.17) is 0 Å². The highest BCUT2D eigenvalue weighted by Crippen LogP contribution is 1.85. The maximum atomic E-state index is 3.12. The molecule has 0 heterocycles. The van der Waals surface area contributed by atoms with E-state index in [9.17, 15) is 0 Å². The molecule has 0 rings (SSSR count). The molecule has 0 radical (unpaired) electrons. The Bertz CT molecular complexity index is 33.9. The van der Waals surface area contributed by atoms with E-state index in [0.29, 0.717) is 0 Å². The van der Waals surface area contributed by atoms with E-state index >= 15 is 0 Å². The van der Waals surface area contributed by atoms with Gasteiger partial charge in [-0.2, -0.15) is 0 Å². The SMILES string of the molecule is Br/C=C/CI. The van der Waals surface area contributed by atoms with Crippen molar-refractivity contribution in [3.63, 3.8) is 0 Å². The zero-order valence-electron chi connectivity index (χ0n) is 2.62. The first-order valence-corrected chi connectivity index (χ1v) is 3.67. The van der Waals surface area contributed by atoms with Gasteiger partial charge in [0.25, 0.3) is 0 Å². The Kier molecular flexibility index (Phi) is 5.89. The van der Waals surface area contributed by atoms with Gasteiger partial charge >= 0.3 is 0 Å². The minimum absolute atomic E-state index is 1.09. The van der Waals surface area contributed by atoms with Crippen molar-refractivity contribution in [2.75, 3.05) is 4.43 Å². The Balaban J connectivity index is 2.62. The van der Waals surface area contributed by atoms with Gasteiger partial charge in [-0.15, -0.1) is 0 Å². The third-order valence-electron chi connectivity index (χ3n) is 0.178. The van der Waals surface area contributed by atoms with E-state index < -0.39 is 0 Å². The fraction of sp³-hybridized carbons (Fsp3) is 0.333. The highest BCUT2D eigenvalue weighted by molar-refractivity contribution is 14.1. The van der Waals surface area contributed by atoms with Crippen LogP contribution in [0.2, 0.25) is 0 Å². The van der Waals surface area contributed by atoms with E-state index in [0.717, 1.165) is 4.43 Å². The van der Waals surface area contributed by atoms with Crippen LogP contribution >= 0.6 is 38.5 Å². The lowest BCUT2D eigenvalue weighted by Crippen LogP contribution is -1.46. The molecule has 0 unspecified atom stereocenters. The molecule has 0 aliphatic rings. The van der Waals surface area contributed by atoms with Crippen molar-refractivity contribution in [2.24, 2.45) is 0 Å². The number of allylic oxidation sites excluding steroid dienone is 1. The van der Waals surface area contributed by atoms with Crippen LogP contribution < -0.4 is 0 Å². The fourth-order valence-electron chi connectivity index (χ4n) is 0.0337. The predicted octanol–water partition coefficient (Wildman–Crippen LogP) is 2.33. The first-order chi connectivity index (χ1) is 2.41. The summed E-state index contributed by atoms with van der Waals surface area (Å²) in [5, 5.41) is 0. The molecule has 0 bridgehead atoms. The van der Waals surface area contributed by atoms with Crippen LogP contribution in [0.4, 0.5) is 0 Å². The average Bonchev–Trinajstić information content (AvgIpc) is 1.41. The molecule has 0 aromatic heterocycles. The second-order valence-electron chi connectivity index (χ2n) is 0.516. The third kappa shape index (κ3) is 4.95. The number of hydrogen-bond donors (Lipinski definition) is 0. The lowest BCUT2D eigenvalue weighted by molar-refractivity contribution is 1.89. The van der Waals surface area contributed by atoms with Crippen molar-refractivity contribution in [1.82, 2.24) is 0 Å². The van der Waals surface area contributed by atoms with Gasteiger partial charge in [-0.25, -0.2) is 0 Å². The number of alkyl halides is 1. The van der Waals surface area contributed by atoms with Gasteiger partial charge in [0.15, 0.2) is 0 Å². The molecular formula is C3H4BrI. The summed E-state index contributed by atoms with van der Waals surface area (Å²) < 4.78 is 1.09. The molecule has 0 amide bonds. The molecule has 30 valence electrons. The van der Waals surface area contributed by atoms with Crippen LogP contribution in [0.3, 0.4) is 0 Å². The molecular weight excluding hydrogens is 243 g/mol. The van der Waals surface area contributed by atoms with Gasteiger partial charge in [-0.05, 0) is 4.99 Å². The third-order valence-corrected chi connectivity index (χ3v) is 1.06. The summed E-state index contributed by atoms with van der Waals surface area (Å²) in [6, 6.07) is 0. The Labute approximate surface area is 53.9 Å². The molecule has 5 heavy (non-hydrogen) atoms. The fourth-order valence-corrected chi connectivity index (χ4v) is 1.17. The molecule has 2 heteroatoms. The van der Waals surface area contributed by atoms with Gasteiger partial charge in [0, 0.05) is 4.43 Å². The molecule has 0 aliphatic carbocycles. The summed E-state index contributed by atoms with van der Waals surface area (Å²) in [5.74, 6) is 0. The van der Waals surface area contributed by atoms with Gasteiger partial charge in [-0.3, -0.25) is 0 Å². The number of hydrogen-bond acceptors (Lipinski definition) is 0. The zero-order valence-corrected chi connectivity index (χ0v) is 6.36. The summed E-state index contributed by atoms with van der Waals surface area (Å²) in [6.07, 6.45) is 2.03. The molecule has 0 fully saturated rings. The Morgan fingerprint density at radius 2 is 2.40 bits per heavy atom. The van der Waals surface area contributed by atoms with Crippen LogP contribution in [0.15, 0.2) is 11.1 Å². The molecule has 0 aliphatic heterocycles. The lowest BCUT2D eigenvalue weighted by atomic mass is 10.8. The molecule has 0 atom stereocenters. The highest BCUT2D eigenvalue weighted by Gasteiger charge is 1.55. The van der Waals surface area contributed by atoms with Gasteiger partial charge in [0.1, 0.15) is 0 Å². The monoisotopic (exact) mass is 246 g/mol. The first-order valence-electron chi connectivity index (χ1n) is 1.23. The first kappa shape index (κ1) is 5.95. The molecule has 0 aromatic carbocycles. The van der Waals surface area contributed by atoms with Crippen molar-refractivity contribution < 1.29 is 0 Å². The average molecular weight is 247 g/mol. The number of halogens is 2. The van der Waals surface area contributed by atoms with E-state index in [1.165, 1.54) is 0 Å². The van der Waals surface area contributed by atoms with Crippen LogP contribution in [0.25, 0.3) is 0 Å². The molecule has 0 aromatic rings. The van der Waals surface area contributed by atoms with Gasteiger partial charge < -0.3 is 0 Å². The molecule has 0 spiro atoms. The van der Waals surface area contributed by atoms with Crippen molar-refractivity contribution in [1.29, 1.82) is 0 Å². The van der Waals surface area contributed by atoms with Gasteiger partial charge in [0.2, 0.25) is 0 Å². The van der Waals surface area contributed by atoms with Gasteiger partial charge in [-0.1, -0.05) is 44.6 Å². The Hall–Kier alpha value is 0.950. The maximum Gasteiger partial charge on any atom is 0.0184 e. The summed E-state index contributed by atoms with van der Waals surface area (Å²) in [4.78, 5) is 1.86. The summed E-state index contributed by atoms with van der Waals surface area (Å²) in [6.45, 7) is 0. The van der Waals surface area contributed by atoms with E-state index in [2.05, 4.69) is 38.5 Å². The molecule has 0 nitrogen and oxygen atoms in total. The standard InChI is InChI=1S/C3H4BrI/c4-2-1-3-5/h1-2H,3H2/b2-1+. The topological polar surface area (TPSA) is 0 Å². The quantitative estimate of drug-likeness (QED) is 0.492. The van der Waals surface area contributed by atoms with E-state index in [1.54, 1.807) is 0 Å². The van der Waals surface area contributed by atoms with Crippen LogP contribution in [0.5, 0.6) is 0 Å². The largest absolute Gasteiger partial charge is 0.0818 e. The zero-order chi connectivity index (χ0) is 4.12. The van der Waals surface area contributed by atoms with Crippen molar-refractivity contribution >= 4 is 38.5 Å². The summed E-state index contributed by atoms with van der Waals surface area (Å²) in [7, 11) is 0. The van der Waals surface area contributed by atoms with Crippen LogP contribution in [-0.2, 0) is 0 Å². The molecule has 0 saturated carbocycles. The van der Waals surface area contributed by atoms with Crippen molar-refractivity contribution in [3.05, 3.63) is 11.1 Å². The highest BCUT2D eigenvalue weighted by atomic mass is 127. The summed E-state index contributed by atoms with van der Waals surface area (Å²) >= 11 is 5.39. The maximum absolute atomic E-state index is 3.12. The van der Waals surface area contributed by atoms with Gasteiger partial charge in [0.05, 0.1) is 0 Å². The normalized spacial score (nSPS) is 10.0. The minimum Gasteiger partial charge on any atom is -0.0818 e.